The van der Waals surface area contributed by atoms with E-state index in [1.54, 1.807) is 0 Å². The van der Waals surface area contributed by atoms with Gasteiger partial charge in [0.25, 0.3) is 0 Å². The summed E-state index contributed by atoms with van der Waals surface area (Å²) < 4.78 is 0. The number of rotatable bonds is 4. The van der Waals surface area contributed by atoms with E-state index in [9.17, 15) is 14.4 Å². The quantitative estimate of drug-likeness (QED) is 0.762. The molecule has 1 atom stereocenters. The molecule has 19 heavy (non-hydrogen) atoms. The van der Waals surface area contributed by atoms with Crippen molar-refractivity contribution in [2.24, 2.45) is 5.92 Å². The zero-order valence-corrected chi connectivity index (χ0v) is 11.2. The fourth-order valence-electron chi connectivity index (χ4n) is 1.85. The van der Waals surface area contributed by atoms with Crippen LogP contribution in [0.4, 0.5) is 5.95 Å². The molecule has 1 saturated heterocycles. The van der Waals surface area contributed by atoms with Crippen LogP contribution >= 0.6 is 11.8 Å². The minimum absolute atomic E-state index is 0.0481. The molecule has 0 spiro atoms. The third kappa shape index (κ3) is 3.37. The zero-order chi connectivity index (χ0) is 13.8. The van der Waals surface area contributed by atoms with Crippen molar-refractivity contribution in [3.05, 3.63) is 18.0 Å². The van der Waals surface area contributed by atoms with Crippen LogP contribution < -0.4 is 4.90 Å². The molecule has 2 rings (SSSR count). The van der Waals surface area contributed by atoms with E-state index in [1.165, 1.54) is 36.0 Å². The SMILES string of the molecule is CC(=O)SCC1CC(=O)N(c2ncc(C=O)cn2)C1. The van der Waals surface area contributed by atoms with Crippen LogP contribution in [0, 0.1) is 5.92 Å². The second-order valence-corrected chi connectivity index (χ2v) is 5.51. The second kappa shape index (κ2) is 5.92. The van der Waals surface area contributed by atoms with Gasteiger partial charge in [0.1, 0.15) is 0 Å². The molecular formula is C12H13N3O3S. The molecule has 1 aromatic rings. The molecule has 1 amide bonds. The van der Waals surface area contributed by atoms with E-state index >= 15 is 0 Å². The van der Waals surface area contributed by atoms with E-state index in [1.807, 2.05) is 0 Å². The van der Waals surface area contributed by atoms with Gasteiger partial charge in [-0.05, 0) is 5.92 Å². The Kier molecular flexibility index (Phi) is 4.26. The summed E-state index contributed by atoms with van der Waals surface area (Å²) >= 11 is 1.23. The molecule has 0 saturated carbocycles. The Labute approximate surface area is 114 Å². The smallest absolute Gasteiger partial charge is 0.232 e. The van der Waals surface area contributed by atoms with Crippen LogP contribution in [0.1, 0.15) is 23.7 Å². The van der Waals surface area contributed by atoms with Gasteiger partial charge in [0, 0.05) is 38.0 Å². The van der Waals surface area contributed by atoms with Gasteiger partial charge in [0.15, 0.2) is 11.4 Å². The molecule has 2 heterocycles. The molecule has 1 aliphatic heterocycles. The average molecular weight is 279 g/mol. The number of carbonyl (C=O) groups is 3. The molecule has 0 bridgehead atoms. The molecule has 100 valence electrons. The van der Waals surface area contributed by atoms with Gasteiger partial charge in [0.05, 0.1) is 5.56 Å². The lowest BCUT2D eigenvalue weighted by Gasteiger charge is -2.13. The minimum Gasteiger partial charge on any atom is -0.298 e. The van der Waals surface area contributed by atoms with Crippen molar-refractivity contribution in [1.29, 1.82) is 0 Å². The Balaban J connectivity index is 2.02. The first-order valence-electron chi connectivity index (χ1n) is 5.81. The average Bonchev–Trinajstić information content (AvgIpc) is 2.78. The minimum atomic E-state index is -0.0481. The largest absolute Gasteiger partial charge is 0.298 e. The number of aromatic nitrogens is 2. The van der Waals surface area contributed by atoms with Gasteiger partial charge in [-0.1, -0.05) is 11.8 Å². The van der Waals surface area contributed by atoms with Crippen LogP contribution in [0.15, 0.2) is 12.4 Å². The maximum Gasteiger partial charge on any atom is 0.232 e. The van der Waals surface area contributed by atoms with Crippen molar-refractivity contribution < 1.29 is 14.4 Å². The molecule has 1 aliphatic rings. The van der Waals surface area contributed by atoms with Crippen LogP contribution in [-0.4, -0.2) is 39.6 Å². The molecular weight excluding hydrogens is 266 g/mol. The number of amides is 1. The maximum atomic E-state index is 11.9. The summed E-state index contributed by atoms with van der Waals surface area (Å²) in [5, 5.41) is 0.0532. The van der Waals surface area contributed by atoms with Gasteiger partial charge in [-0.3, -0.25) is 19.3 Å². The topological polar surface area (TPSA) is 80.2 Å². The number of hydrogen-bond donors (Lipinski definition) is 0. The Morgan fingerprint density at radius 3 is 2.79 bits per heavy atom. The zero-order valence-electron chi connectivity index (χ0n) is 10.4. The number of aldehydes is 1. The molecule has 1 unspecified atom stereocenters. The predicted octanol–water partition coefficient (Wildman–Crippen LogP) is 0.922. The van der Waals surface area contributed by atoms with Gasteiger partial charge in [-0.2, -0.15) is 0 Å². The number of hydrogen-bond acceptors (Lipinski definition) is 6. The summed E-state index contributed by atoms with van der Waals surface area (Å²) in [7, 11) is 0. The molecule has 0 aliphatic carbocycles. The number of anilines is 1. The molecule has 1 fully saturated rings. The summed E-state index contributed by atoms with van der Waals surface area (Å²) in [4.78, 5) is 42.8. The van der Waals surface area contributed by atoms with Crippen LogP contribution in [-0.2, 0) is 9.59 Å². The van der Waals surface area contributed by atoms with Gasteiger partial charge < -0.3 is 0 Å². The van der Waals surface area contributed by atoms with Crippen LogP contribution in [0.3, 0.4) is 0 Å². The van der Waals surface area contributed by atoms with Gasteiger partial charge in [-0.25, -0.2) is 9.97 Å². The summed E-state index contributed by atoms with van der Waals surface area (Å²) in [6.07, 6.45) is 3.83. The van der Waals surface area contributed by atoms with Crippen molar-refractivity contribution >= 4 is 35.0 Å². The fourth-order valence-corrected chi connectivity index (χ4v) is 2.55. The van der Waals surface area contributed by atoms with Gasteiger partial charge in [0.2, 0.25) is 11.9 Å². The predicted molar refractivity (Wildman–Crippen MR) is 71.0 cm³/mol. The fraction of sp³-hybridized carbons (Fsp3) is 0.417. The van der Waals surface area contributed by atoms with E-state index in [-0.39, 0.29) is 16.9 Å². The maximum absolute atomic E-state index is 11.9. The van der Waals surface area contributed by atoms with Crippen molar-refractivity contribution in [3.63, 3.8) is 0 Å². The van der Waals surface area contributed by atoms with Crippen molar-refractivity contribution in [3.8, 4) is 0 Å². The second-order valence-electron chi connectivity index (χ2n) is 4.31. The Bertz CT molecular complexity index is 503. The highest BCUT2D eigenvalue weighted by atomic mass is 32.2. The van der Waals surface area contributed by atoms with E-state index in [4.69, 9.17) is 0 Å². The number of nitrogens with zero attached hydrogens (tertiary/aromatic N) is 3. The lowest BCUT2D eigenvalue weighted by Crippen LogP contribution is -2.26. The molecule has 1 aromatic heterocycles. The number of thioether (sulfide) groups is 1. The summed E-state index contributed by atoms with van der Waals surface area (Å²) in [6, 6.07) is 0. The third-order valence-corrected chi connectivity index (χ3v) is 3.81. The van der Waals surface area contributed by atoms with Crippen LogP contribution in [0.25, 0.3) is 0 Å². The van der Waals surface area contributed by atoms with Crippen LogP contribution in [0.2, 0.25) is 0 Å². The highest BCUT2D eigenvalue weighted by Crippen LogP contribution is 2.24. The first-order valence-corrected chi connectivity index (χ1v) is 6.79. The molecule has 0 N–H and O–H groups in total. The normalized spacial score (nSPS) is 18.7. The van der Waals surface area contributed by atoms with E-state index in [2.05, 4.69) is 9.97 Å². The first kappa shape index (κ1) is 13.7. The van der Waals surface area contributed by atoms with Gasteiger partial charge >= 0.3 is 0 Å². The number of carbonyl (C=O) groups excluding carboxylic acids is 3. The monoisotopic (exact) mass is 279 g/mol. The molecule has 0 aromatic carbocycles. The van der Waals surface area contributed by atoms with E-state index in [0.29, 0.717) is 36.5 Å². The standard InChI is InChI=1S/C12H13N3O3S/c1-8(17)19-7-9-2-11(18)15(5-9)12-13-3-10(6-16)4-14-12/h3-4,6,9H,2,5,7H2,1H3. The Hall–Kier alpha value is -1.76. The highest BCUT2D eigenvalue weighted by Gasteiger charge is 2.32. The Morgan fingerprint density at radius 1 is 1.53 bits per heavy atom. The lowest BCUT2D eigenvalue weighted by atomic mass is 10.1. The highest BCUT2D eigenvalue weighted by molar-refractivity contribution is 8.13. The summed E-state index contributed by atoms with van der Waals surface area (Å²) in [5.41, 5.74) is 0.374. The van der Waals surface area contributed by atoms with Crippen molar-refractivity contribution in [1.82, 2.24) is 9.97 Å². The molecule has 0 radical (unpaired) electrons. The first-order chi connectivity index (χ1) is 9.10. The lowest BCUT2D eigenvalue weighted by molar-refractivity contribution is -0.117. The van der Waals surface area contributed by atoms with E-state index < -0.39 is 0 Å². The Morgan fingerprint density at radius 2 is 2.21 bits per heavy atom. The summed E-state index contributed by atoms with van der Waals surface area (Å²) in [6.45, 7) is 2.03. The van der Waals surface area contributed by atoms with Gasteiger partial charge in [-0.15, -0.1) is 0 Å². The summed E-state index contributed by atoms with van der Waals surface area (Å²) in [5.74, 6) is 1.03. The third-order valence-electron chi connectivity index (χ3n) is 2.76. The van der Waals surface area contributed by atoms with Crippen LogP contribution in [0.5, 0.6) is 0 Å². The van der Waals surface area contributed by atoms with Crippen molar-refractivity contribution in [2.45, 2.75) is 13.3 Å². The molecule has 7 heteroatoms. The van der Waals surface area contributed by atoms with E-state index in [0.717, 1.165) is 0 Å². The van der Waals surface area contributed by atoms with Crippen molar-refractivity contribution in [2.75, 3.05) is 17.2 Å². The molecule has 6 nitrogen and oxygen atoms in total.